The number of aromatic nitrogens is 4. The summed E-state index contributed by atoms with van der Waals surface area (Å²) in [5.41, 5.74) is 4.71. The molecule has 6 rings (SSSR count). The molecule has 2 amide bonds. The molecule has 11 heteroatoms. The minimum Gasteiger partial charge on any atom is -0.497 e. The lowest BCUT2D eigenvalue weighted by atomic mass is 9.71. The average molecular weight is 703 g/mol. The summed E-state index contributed by atoms with van der Waals surface area (Å²) in [5.74, 6) is 2.01. The van der Waals surface area contributed by atoms with E-state index in [1.54, 1.807) is 31.4 Å². The molecule has 0 radical (unpaired) electrons. The van der Waals surface area contributed by atoms with Gasteiger partial charge >= 0.3 is 5.97 Å². The Hall–Kier alpha value is -5.45. The van der Waals surface area contributed by atoms with Crippen molar-refractivity contribution in [2.75, 3.05) is 19.0 Å². The van der Waals surface area contributed by atoms with Crippen LogP contribution in [-0.4, -0.2) is 61.4 Å². The van der Waals surface area contributed by atoms with Gasteiger partial charge in [-0.1, -0.05) is 68.7 Å². The fourth-order valence-corrected chi connectivity index (χ4v) is 7.38. The van der Waals surface area contributed by atoms with Gasteiger partial charge in [-0.2, -0.15) is 0 Å². The molecule has 2 heterocycles. The number of carbonyl (C=O) groups is 3. The summed E-state index contributed by atoms with van der Waals surface area (Å²) >= 11 is 0. The van der Waals surface area contributed by atoms with E-state index in [9.17, 15) is 19.5 Å². The zero-order chi connectivity index (χ0) is 36.5. The topological polar surface area (TPSA) is 148 Å². The van der Waals surface area contributed by atoms with Crippen LogP contribution in [0, 0.1) is 17.8 Å². The molecule has 4 aromatic rings. The van der Waals surface area contributed by atoms with Crippen LogP contribution in [0.5, 0.6) is 5.75 Å². The molecule has 270 valence electrons. The Kier molecular flexibility index (Phi) is 12.0. The van der Waals surface area contributed by atoms with E-state index < -0.39 is 18.4 Å². The van der Waals surface area contributed by atoms with Gasteiger partial charge in [-0.15, -0.1) is 0 Å². The number of carboxylic acids is 1. The van der Waals surface area contributed by atoms with Gasteiger partial charge in [-0.25, -0.2) is 19.9 Å². The minimum absolute atomic E-state index is 0.0396. The van der Waals surface area contributed by atoms with Crippen molar-refractivity contribution < 1.29 is 24.2 Å². The van der Waals surface area contributed by atoms with E-state index >= 15 is 0 Å². The highest BCUT2D eigenvalue weighted by molar-refractivity contribution is 5.94. The first-order valence-corrected chi connectivity index (χ1v) is 18.1. The zero-order valence-corrected chi connectivity index (χ0v) is 29.8. The summed E-state index contributed by atoms with van der Waals surface area (Å²) in [7, 11) is 1.57. The molecular weight excluding hydrogens is 656 g/mol. The quantitative estimate of drug-likeness (QED) is 0.147. The highest BCUT2D eigenvalue weighted by Gasteiger charge is 2.28. The molecule has 0 saturated heterocycles. The lowest BCUT2D eigenvalue weighted by Crippen LogP contribution is -2.35. The lowest BCUT2D eigenvalue weighted by Gasteiger charge is -2.35. The number of nitrogens with one attached hydrogen (secondary N) is 1. The normalized spacial score (nSPS) is 18.6. The molecule has 11 nitrogen and oxygen atoms in total. The fraction of sp³-hybridized carbons (Fsp3) is 0.390. The number of allylic oxidation sites excluding steroid dienone is 2. The molecular formula is C41H46N6O5. The molecule has 2 aromatic heterocycles. The number of hydrogen-bond acceptors (Lipinski definition) is 8. The van der Waals surface area contributed by atoms with E-state index in [0.29, 0.717) is 11.6 Å². The minimum atomic E-state index is -1.16. The second kappa shape index (κ2) is 17.2. The van der Waals surface area contributed by atoms with Gasteiger partial charge in [0.25, 0.3) is 5.91 Å². The second-order valence-electron chi connectivity index (χ2n) is 13.9. The molecule has 2 N–H and O–H groups in total. The molecule has 0 bridgehead atoms. The molecule has 2 aliphatic carbocycles. The Morgan fingerprint density at radius 2 is 1.54 bits per heavy atom. The summed E-state index contributed by atoms with van der Waals surface area (Å²) in [6.07, 6.45) is 19.2. The zero-order valence-electron chi connectivity index (χ0n) is 29.8. The Morgan fingerprint density at radius 3 is 2.13 bits per heavy atom. The molecule has 1 atom stereocenters. The summed E-state index contributed by atoms with van der Waals surface area (Å²) in [6.45, 7) is 1.84. The number of hydrogen-bond donors (Lipinski definition) is 2. The van der Waals surface area contributed by atoms with Crippen LogP contribution in [-0.2, 0) is 22.6 Å². The second-order valence-corrected chi connectivity index (χ2v) is 13.9. The highest BCUT2D eigenvalue weighted by Crippen LogP contribution is 2.41. The van der Waals surface area contributed by atoms with Crippen LogP contribution in [0.1, 0.15) is 85.5 Å². The Bertz CT molecular complexity index is 1850. The molecule has 0 spiro atoms. The molecule has 1 unspecified atom stereocenters. The number of rotatable bonds is 13. The van der Waals surface area contributed by atoms with Gasteiger partial charge in [0.1, 0.15) is 18.0 Å². The number of benzene rings is 2. The maximum absolute atomic E-state index is 13.3. The highest BCUT2D eigenvalue weighted by atomic mass is 16.5. The largest absolute Gasteiger partial charge is 0.497 e. The number of carboxylic acid groups (broad SMARTS) is 1. The van der Waals surface area contributed by atoms with E-state index in [0.717, 1.165) is 52.8 Å². The molecule has 2 aliphatic rings. The summed E-state index contributed by atoms with van der Waals surface area (Å²) in [4.78, 5) is 56.3. The predicted octanol–water partition coefficient (Wildman–Crippen LogP) is 7.25. The van der Waals surface area contributed by atoms with Crippen LogP contribution in [0.4, 0.5) is 5.82 Å². The van der Waals surface area contributed by atoms with Gasteiger partial charge in [-0.05, 0) is 78.7 Å². The third-order valence-corrected chi connectivity index (χ3v) is 10.5. The van der Waals surface area contributed by atoms with E-state index in [1.165, 1.54) is 61.4 Å². The van der Waals surface area contributed by atoms with Crippen molar-refractivity contribution in [1.82, 2.24) is 24.8 Å². The van der Waals surface area contributed by atoms with Crippen molar-refractivity contribution in [3.05, 3.63) is 102 Å². The Morgan fingerprint density at radius 1 is 0.827 bits per heavy atom. The summed E-state index contributed by atoms with van der Waals surface area (Å²) < 4.78 is 5.14. The van der Waals surface area contributed by atoms with Crippen LogP contribution in [0.2, 0.25) is 0 Å². The summed E-state index contributed by atoms with van der Waals surface area (Å²) in [5, 5.41) is 12.2. The maximum atomic E-state index is 13.3. The first-order valence-electron chi connectivity index (χ1n) is 18.1. The van der Waals surface area contributed by atoms with E-state index in [4.69, 9.17) is 4.74 Å². The third kappa shape index (κ3) is 9.45. The number of methoxy groups -OCH3 is 1. The fourth-order valence-electron chi connectivity index (χ4n) is 7.38. The predicted molar refractivity (Wildman–Crippen MR) is 198 cm³/mol. The molecule has 2 aromatic carbocycles. The lowest BCUT2D eigenvalue weighted by molar-refractivity contribution is -0.137. The van der Waals surface area contributed by atoms with Gasteiger partial charge in [-0.3, -0.25) is 14.4 Å². The maximum Gasteiger partial charge on any atom is 0.323 e. The number of ether oxygens (including phenoxy) is 1. The number of aliphatic carboxylic acids is 1. The van der Waals surface area contributed by atoms with Crippen molar-refractivity contribution in [1.29, 1.82) is 0 Å². The van der Waals surface area contributed by atoms with Gasteiger partial charge in [0, 0.05) is 30.1 Å². The Balaban J connectivity index is 1.03. The van der Waals surface area contributed by atoms with Crippen LogP contribution >= 0.6 is 0 Å². The molecule has 1 saturated carbocycles. The van der Waals surface area contributed by atoms with Gasteiger partial charge in [0.05, 0.1) is 25.9 Å². The smallest absolute Gasteiger partial charge is 0.323 e. The van der Waals surface area contributed by atoms with Crippen LogP contribution in [0.25, 0.3) is 17.0 Å². The van der Waals surface area contributed by atoms with Crippen molar-refractivity contribution in [2.45, 2.75) is 71.3 Å². The van der Waals surface area contributed by atoms with Crippen molar-refractivity contribution >= 4 is 29.2 Å². The van der Waals surface area contributed by atoms with Gasteiger partial charge in [0.2, 0.25) is 5.91 Å². The summed E-state index contributed by atoms with van der Waals surface area (Å²) in [6, 6.07) is 14.5. The molecule has 0 aliphatic heterocycles. The monoisotopic (exact) mass is 702 g/mol. The number of amides is 2. The molecule has 1 fully saturated rings. The van der Waals surface area contributed by atoms with Crippen molar-refractivity contribution in [3.63, 3.8) is 0 Å². The van der Waals surface area contributed by atoms with Crippen molar-refractivity contribution in [3.8, 4) is 17.1 Å². The van der Waals surface area contributed by atoms with Crippen LogP contribution < -0.4 is 10.1 Å². The van der Waals surface area contributed by atoms with Crippen molar-refractivity contribution in [2.24, 2.45) is 17.8 Å². The number of anilines is 1. The van der Waals surface area contributed by atoms with Gasteiger partial charge in [0.15, 0.2) is 11.6 Å². The number of nitrogens with zero attached hydrogens (tertiary/aromatic N) is 5. The van der Waals surface area contributed by atoms with Gasteiger partial charge < -0.3 is 20.1 Å². The Labute approximate surface area is 304 Å². The van der Waals surface area contributed by atoms with Crippen LogP contribution in [0.3, 0.4) is 0 Å². The SMILES string of the molecule is CC[C@H]1CC[C@H](C2CC=C(c3cnc(-c4ccc(CN(CC(=O)O)C(=O)c5cnc(NC(=O)Cc6ccc(OC)cc6)cn5)cc4)nc3)CC2)CC1. The number of carbonyl (C=O) groups excluding carboxylic acids is 2. The standard InChI is InChI=1S/C41H46N6O5/c1-3-27-4-10-30(11-5-27)31-14-16-32(17-15-31)34-21-44-40(45-22-34)33-12-6-29(7-13-33)25-47(26-39(49)50)41(51)36-23-43-37(24-42-36)46-38(48)20-28-8-18-35(52-2)19-9-28/h6-9,12-13,16,18-19,21-24,27,30-31H,3-5,10-11,14-15,17,20,25-26H2,1-2H3,(H,49,50)(H,43,46,48)/t27-,30-,31?. The van der Waals surface area contributed by atoms with E-state index in [1.807, 2.05) is 36.7 Å². The van der Waals surface area contributed by atoms with E-state index in [2.05, 4.69) is 38.3 Å². The van der Waals surface area contributed by atoms with Crippen LogP contribution in [0.15, 0.2) is 79.4 Å². The third-order valence-electron chi connectivity index (χ3n) is 10.5. The molecule has 52 heavy (non-hydrogen) atoms. The first-order chi connectivity index (χ1) is 25.3. The first kappa shape index (κ1) is 36.3. The van der Waals surface area contributed by atoms with E-state index in [-0.39, 0.29) is 30.4 Å². The average Bonchev–Trinajstić information content (AvgIpc) is 3.18.